The number of benzene rings is 1. The lowest BCUT2D eigenvalue weighted by molar-refractivity contribution is 0.0698. The molecule has 2 aromatic rings. The van der Waals surface area contributed by atoms with Crippen LogP contribution < -0.4 is 0 Å². The molecule has 5 nitrogen and oxygen atoms in total. The van der Waals surface area contributed by atoms with Crippen molar-refractivity contribution in [3.8, 4) is 0 Å². The number of aliphatic hydroxyl groups is 1. The Morgan fingerprint density at radius 3 is 2.75 bits per heavy atom. The topological polar surface area (TPSA) is 65.7 Å². The second kappa shape index (κ2) is 6.57. The number of carbonyl (C=O) groups is 1. The molecule has 130 valence electrons. The molecule has 1 aromatic heterocycles. The van der Waals surface area contributed by atoms with Gasteiger partial charge in [-0.2, -0.15) is 0 Å². The molecule has 3 rings (SSSR count). The first-order chi connectivity index (χ1) is 11.4. The Hall–Kier alpha value is -1.85. The third kappa shape index (κ3) is 2.82. The minimum atomic E-state index is -0.876. The molecule has 1 aliphatic heterocycles. The molecule has 1 atom stereocenters. The zero-order valence-corrected chi connectivity index (χ0v) is 14.7. The third-order valence-electron chi connectivity index (χ3n) is 5.13. The van der Waals surface area contributed by atoms with Crippen molar-refractivity contribution < 1.29 is 15.0 Å². The number of carboxylic acids is 1. The summed E-state index contributed by atoms with van der Waals surface area (Å²) in [6.45, 7) is 9.30. The molecule has 0 fully saturated rings. The maximum absolute atomic E-state index is 11.9. The van der Waals surface area contributed by atoms with Gasteiger partial charge in [0.25, 0.3) is 0 Å². The van der Waals surface area contributed by atoms with Gasteiger partial charge >= 0.3 is 5.97 Å². The van der Waals surface area contributed by atoms with Gasteiger partial charge in [0.15, 0.2) is 0 Å². The van der Waals surface area contributed by atoms with Gasteiger partial charge in [-0.15, -0.1) is 0 Å². The quantitative estimate of drug-likeness (QED) is 0.885. The van der Waals surface area contributed by atoms with Gasteiger partial charge < -0.3 is 14.8 Å². The van der Waals surface area contributed by atoms with Crippen LogP contribution in [0.4, 0.5) is 0 Å². The Morgan fingerprint density at radius 2 is 2.12 bits per heavy atom. The minimum Gasteiger partial charge on any atom is -0.478 e. The number of aryl methyl sites for hydroxylation is 2. The standard InChI is InChI=1S/C19H26N2O3/c1-4-20-9-8-16-15(11-20)14-6-5-12(2)17(19(23)24)18(14)21(16)10-7-13(3)22/h5-6,13,22H,4,7-11H2,1-3H3,(H,23,24). The number of hydrogen-bond acceptors (Lipinski definition) is 3. The number of likely N-dealkylation sites (N-methyl/N-ethyl adjacent to an activating group) is 1. The summed E-state index contributed by atoms with van der Waals surface area (Å²) in [6.07, 6.45) is 1.16. The number of rotatable bonds is 5. The number of aromatic nitrogens is 1. The largest absolute Gasteiger partial charge is 0.478 e. The van der Waals surface area contributed by atoms with Crippen LogP contribution in [0.15, 0.2) is 12.1 Å². The molecule has 0 spiro atoms. The summed E-state index contributed by atoms with van der Waals surface area (Å²) >= 11 is 0. The Balaban J connectivity index is 2.25. The predicted octanol–water partition coefficient (Wildman–Crippen LogP) is 2.80. The van der Waals surface area contributed by atoms with E-state index in [0.717, 1.165) is 42.5 Å². The molecule has 2 N–H and O–H groups in total. The Bertz CT molecular complexity index is 777. The van der Waals surface area contributed by atoms with Gasteiger partial charge in [0.05, 0.1) is 17.2 Å². The third-order valence-corrected chi connectivity index (χ3v) is 5.13. The minimum absolute atomic E-state index is 0.396. The lowest BCUT2D eigenvalue weighted by atomic mass is 10.0. The SMILES string of the molecule is CCN1CCc2c(c3ccc(C)c(C(=O)O)c3n2CCC(C)O)C1. The van der Waals surface area contributed by atoms with Gasteiger partial charge in [0.1, 0.15) is 0 Å². The molecule has 0 saturated heterocycles. The van der Waals surface area contributed by atoms with Crippen LogP contribution in [0.2, 0.25) is 0 Å². The summed E-state index contributed by atoms with van der Waals surface area (Å²) in [7, 11) is 0. The van der Waals surface area contributed by atoms with Crippen molar-refractivity contribution >= 4 is 16.9 Å². The van der Waals surface area contributed by atoms with Crippen LogP contribution in [-0.2, 0) is 19.5 Å². The summed E-state index contributed by atoms with van der Waals surface area (Å²) in [6, 6.07) is 3.98. The van der Waals surface area contributed by atoms with Gasteiger partial charge in [-0.05, 0) is 37.9 Å². The average Bonchev–Trinajstić information content (AvgIpc) is 2.85. The van der Waals surface area contributed by atoms with Gasteiger partial charge in [-0.3, -0.25) is 4.90 Å². The molecule has 0 bridgehead atoms. The number of hydrogen-bond donors (Lipinski definition) is 2. The Morgan fingerprint density at radius 1 is 1.38 bits per heavy atom. The first-order valence-corrected chi connectivity index (χ1v) is 8.71. The van der Waals surface area contributed by atoms with E-state index < -0.39 is 12.1 Å². The number of fused-ring (bicyclic) bond motifs is 3. The smallest absolute Gasteiger partial charge is 0.338 e. The van der Waals surface area contributed by atoms with E-state index in [0.29, 0.717) is 18.5 Å². The van der Waals surface area contributed by atoms with E-state index in [1.54, 1.807) is 6.92 Å². The number of aliphatic hydroxyl groups excluding tert-OH is 1. The first kappa shape index (κ1) is 17.0. The lowest BCUT2D eigenvalue weighted by Crippen LogP contribution is -2.30. The van der Waals surface area contributed by atoms with Crippen LogP contribution in [0.25, 0.3) is 10.9 Å². The zero-order chi connectivity index (χ0) is 17.4. The van der Waals surface area contributed by atoms with E-state index in [1.165, 1.54) is 11.3 Å². The second-order valence-electron chi connectivity index (χ2n) is 6.79. The van der Waals surface area contributed by atoms with Crippen molar-refractivity contribution in [1.82, 2.24) is 9.47 Å². The molecule has 1 unspecified atom stereocenters. The average molecular weight is 330 g/mol. The van der Waals surface area contributed by atoms with Crippen LogP contribution in [0.3, 0.4) is 0 Å². The summed E-state index contributed by atoms with van der Waals surface area (Å²) < 4.78 is 2.15. The normalized spacial score (nSPS) is 16.3. The Kier molecular flexibility index (Phi) is 4.65. The molecule has 0 amide bonds. The fraction of sp³-hybridized carbons (Fsp3) is 0.526. The van der Waals surface area contributed by atoms with Crippen molar-refractivity contribution in [1.29, 1.82) is 0 Å². The molecule has 24 heavy (non-hydrogen) atoms. The lowest BCUT2D eigenvalue weighted by Gasteiger charge is -2.27. The van der Waals surface area contributed by atoms with Gasteiger partial charge in [-0.1, -0.05) is 19.1 Å². The molecule has 2 heterocycles. The first-order valence-electron chi connectivity index (χ1n) is 8.71. The number of nitrogens with zero attached hydrogens (tertiary/aromatic N) is 2. The maximum Gasteiger partial charge on any atom is 0.338 e. The molecule has 0 radical (unpaired) electrons. The summed E-state index contributed by atoms with van der Waals surface area (Å²) in [5, 5.41) is 20.5. The number of aromatic carboxylic acids is 1. The molecular weight excluding hydrogens is 304 g/mol. The van der Waals surface area contributed by atoms with E-state index in [2.05, 4.69) is 22.5 Å². The van der Waals surface area contributed by atoms with E-state index in [9.17, 15) is 15.0 Å². The fourth-order valence-corrected chi connectivity index (χ4v) is 3.80. The van der Waals surface area contributed by atoms with Crippen LogP contribution in [0.1, 0.15) is 47.4 Å². The van der Waals surface area contributed by atoms with Gasteiger partial charge in [0.2, 0.25) is 0 Å². The van der Waals surface area contributed by atoms with E-state index in [4.69, 9.17) is 0 Å². The molecule has 1 aliphatic rings. The highest BCUT2D eigenvalue weighted by molar-refractivity contribution is 6.05. The van der Waals surface area contributed by atoms with Crippen molar-refractivity contribution in [2.45, 2.75) is 52.8 Å². The van der Waals surface area contributed by atoms with Crippen molar-refractivity contribution in [2.75, 3.05) is 13.1 Å². The highest BCUT2D eigenvalue weighted by Gasteiger charge is 2.26. The highest BCUT2D eigenvalue weighted by atomic mass is 16.4. The number of carboxylic acid groups (broad SMARTS) is 1. The zero-order valence-electron chi connectivity index (χ0n) is 14.7. The van der Waals surface area contributed by atoms with Crippen molar-refractivity contribution in [3.05, 3.63) is 34.5 Å². The predicted molar refractivity (Wildman–Crippen MR) is 94.6 cm³/mol. The Labute approximate surface area is 142 Å². The summed E-state index contributed by atoms with van der Waals surface area (Å²) in [5.41, 5.74) is 4.51. The van der Waals surface area contributed by atoms with E-state index in [-0.39, 0.29) is 0 Å². The van der Waals surface area contributed by atoms with Crippen LogP contribution >= 0.6 is 0 Å². The maximum atomic E-state index is 11.9. The van der Waals surface area contributed by atoms with Gasteiger partial charge in [-0.25, -0.2) is 4.79 Å². The molecule has 0 saturated carbocycles. The molecular formula is C19H26N2O3. The molecule has 1 aromatic carbocycles. The molecule has 5 heteroatoms. The van der Waals surface area contributed by atoms with Crippen LogP contribution in [-0.4, -0.2) is 44.8 Å². The summed E-state index contributed by atoms with van der Waals surface area (Å²) in [5.74, 6) is -0.876. The van der Waals surface area contributed by atoms with Crippen molar-refractivity contribution in [3.63, 3.8) is 0 Å². The summed E-state index contributed by atoms with van der Waals surface area (Å²) in [4.78, 5) is 14.3. The van der Waals surface area contributed by atoms with Crippen LogP contribution in [0, 0.1) is 6.92 Å². The van der Waals surface area contributed by atoms with Crippen molar-refractivity contribution in [2.24, 2.45) is 0 Å². The highest BCUT2D eigenvalue weighted by Crippen LogP contribution is 2.34. The second-order valence-corrected chi connectivity index (χ2v) is 6.79. The fourth-order valence-electron chi connectivity index (χ4n) is 3.80. The van der Waals surface area contributed by atoms with Crippen LogP contribution in [0.5, 0.6) is 0 Å². The molecule has 0 aliphatic carbocycles. The monoisotopic (exact) mass is 330 g/mol. The van der Waals surface area contributed by atoms with Gasteiger partial charge in [0, 0.05) is 37.1 Å². The van der Waals surface area contributed by atoms with E-state index in [1.807, 2.05) is 13.0 Å². The van der Waals surface area contributed by atoms with E-state index >= 15 is 0 Å².